The van der Waals surface area contributed by atoms with E-state index in [9.17, 15) is 19.2 Å². The topological polar surface area (TPSA) is 113 Å². The monoisotopic (exact) mass is 288 g/mol. The Labute approximate surface area is 117 Å². The van der Waals surface area contributed by atoms with Crippen LogP contribution >= 0.6 is 0 Å². The second-order valence-corrected chi connectivity index (χ2v) is 4.12. The number of imide groups is 1. The Morgan fingerprint density at radius 2 is 1.75 bits per heavy atom. The van der Waals surface area contributed by atoms with Crippen LogP contribution in [0.4, 0.5) is 4.79 Å². The van der Waals surface area contributed by atoms with E-state index < -0.39 is 23.9 Å². The lowest BCUT2D eigenvalue weighted by Crippen LogP contribution is -2.43. The van der Waals surface area contributed by atoms with Gasteiger partial charge in [-0.05, 0) is 19.8 Å². The molecule has 8 heteroatoms. The Bertz CT molecular complexity index is 369. The molecule has 0 heterocycles. The number of esters is 1. The van der Waals surface area contributed by atoms with E-state index >= 15 is 0 Å². The minimum atomic E-state index is -0.921. The van der Waals surface area contributed by atoms with Gasteiger partial charge in [0.25, 0.3) is 0 Å². The van der Waals surface area contributed by atoms with Gasteiger partial charge in [0.2, 0.25) is 5.91 Å². The lowest BCUT2D eigenvalue weighted by molar-refractivity contribution is -0.143. The zero-order valence-corrected chi connectivity index (χ0v) is 11.7. The highest BCUT2D eigenvalue weighted by atomic mass is 16.5. The number of nitrogens with one attached hydrogen (secondary N) is 1. The number of hydrogen-bond donors (Lipinski definition) is 2. The van der Waals surface area contributed by atoms with Gasteiger partial charge in [-0.3, -0.25) is 19.7 Å². The van der Waals surface area contributed by atoms with Gasteiger partial charge in [-0.15, -0.1) is 0 Å². The number of carbonyl (C=O) groups is 4. The minimum absolute atomic E-state index is 0.00993. The van der Waals surface area contributed by atoms with Gasteiger partial charge in [0.1, 0.15) is 6.54 Å². The lowest BCUT2D eigenvalue weighted by Gasteiger charge is -2.16. The number of nitrogens with zero attached hydrogens (tertiary/aromatic N) is 1. The van der Waals surface area contributed by atoms with Crippen LogP contribution in [0.5, 0.6) is 0 Å². The number of amides is 3. The number of likely N-dealkylation sites (N-methyl/N-ethyl adjacent to an activating group) is 1. The van der Waals surface area contributed by atoms with Crippen LogP contribution in [0, 0.1) is 0 Å². The average Bonchev–Trinajstić information content (AvgIpc) is 2.34. The molecule has 0 aromatic carbocycles. The van der Waals surface area contributed by atoms with Crippen molar-refractivity contribution in [3.8, 4) is 0 Å². The van der Waals surface area contributed by atoms with E-state index in [4.69, 9.17) is 5.11 Å². The standard InChI is InChI=1S/C12H20N2O6/c1-3-20-11(18)8-14(2)12(19)13-9(15)6-4-5-7-10(16)17/h3-8H2,1-2H3,(H,16,17)(H,13,15,19). The first kappa shape index (κ1) is 17.9. The van der Waals surface area contributed by atoms with Crippen LogP contribution < -0.4 is 5.32 Å². The van der Waals surface area contributed by atoms with Crippen LogP contribution in [-0.4, -0.2) is 54.1 Å². The molecule has 0 rings (SSSR count). The summed E-state index contributed by atoms with van der Waals surface area (Å²) in [7, 11) is 1.37. The van der Waals surface area contributed by atoms with E-state index in [2.05, 4.69) is 10.1 Å². The van der Waals surface area contributed by atoms with E-state index in [0.717, 1.165) is 4.90 Å². The van der Waals surface area contributed by atoms with E-state index in [1.807, 2.05) is 0 Å². The second-order valence-electron chi connectivity index (χ2n) is 4.12. The first-order chi connectivity index (χ1) is 9.36. The fourth-order valence-corrected chi connectivity index (χ4v) is 1.31. The second kappa shape index (κ2) is 9.76. The highest BCUT2D eigenvalue weighted by Crippen LogP contribution is 2.00. The smallest absolute Gasteiger partial charge is 0.325 e. The molecule has 114 valence electrons. The maximum absolute atomic E-state index is 11.5. The van der Waals surface area contributed by atoms with Crippen molar-refractivity contribution >= 4 is 23.9 Å². The summed E-state index contributed by atoms with van der Waals surface area (Å²) in [6, 6.07) is -0.693. The van der Waals surface area contributed by atoms with Crippen LogP contribution in [0.1, 0.15) is 32.6 Å². The first-order valence-corrected chi connectivity index (χ1v) is 6.29. The van der Waals surface area contributed by atoms with Gasteiger partial charge in [0.05, 0.1) is 6.61 Å². The van der Waals surface area contributed by atoms with Gasteiger partial charge in [-0.1, -0.05) is 0 Å². The molecule has 0 saturated carbocycles. The third kappa shape index (κ3) is 8.90. The summed E-state index contributed by atoms with van der Waals surface area (Å²) < 4.78 is 4.67. The molecule has 0 fully saturated rings. The summed E-state index contributed by atoms with van der Waals surface area (Å²) >= 11 is 0. The lowest BCUT2D eigenvalue weighted by atomic mass is 10.2. The van der Waals surface area contributed by atoms with Crippen molar-refractivity contribution in [1.82, 2.24) is 10.2 Å². The molecule has 8 nitrogen and oxygen atoms in total. The van der Waals surface area contributed by atoms with Crippen LogP contribution in [0.3, 0.4) is 0 Å². The van der Waals surface area contributed by atoms with Gasteiger partial charge in [0, 0.05) is 19.9 Å². The van der Waals surface area contributed by atoms with Crippen molar-refractivity contribution in [1.29, 1.82) is 0 Å². The molecule has 0 aliphatic rings. The maximum Gasteiger partial charge on any atom is 0.325 e. The van der Waals surface area contributed by atoms with E-state index in [1.165, 1.54) is 7.05 Å². The number of carboxylic acid groups (broad SMARTS) is 1. The Kier molecular flexibility index (Phi) is 8.73. The van der Waals surface area contributed by atoms with Gasteiger partial charge >= 0.3 is 18.0 Å². The Morgan fingerprint density at radius 1 is 1.15 bits per heavy atom. The summed E-state index contributed by atoms with van der Waals surface area (Å²) in [4.78, 5) is 45.3. The normalized spacial score (nSPS) is 9.70. The zero-order chi connectivity index (χ0) is 15.5. The van der Waals surface area contributed by atoms with Gasteiger partial charge < -0.3 is 14.7 Å². The number of rotatable bonds is 8. The summed E-state index contributed by atoms with van der Waals surface area (Å²) in [5.74, 6) is -1.98. The predicted molar refractivity (Wildman–Crippen MR) is 68.9 cm³/mol. The highest BCUT2D eigenvalue weighted by Gasteiger charge is 2.15. The average molecular weight is 288 g/mol. The molecule has 2 N–H and O–H groups in total. The summed E-state index contributed by atoms with van der Waals surface area (Å²) in [6.45, 7) is 1.63. The molecular formula is C12H20N2O6. The summed E-state index contributed by atoms with van der Waals surface area (Å²) in [6.07, 6.45) is 0.804. The molecule has 0 spiro atoms. The fraction of sp³-hybridized carbons (Fsp3) is 0.667. The van der Waals surface area contributed by atoms with Crippen molar-refractivity contribution in [2.75, 3.05) is 20.2 Å². The first-order valence-electron chi connectivity index (χ1n) is 6.29. The molecule has 0 aromatic rings. The molecule has 0 aliphatic heterocycles. The van der Waals surface area contributed by atoms with Crippen LogP contribution in [0.15, 0.2) is 0 Å². The maximum atomic E-state index is 11.5. The quantitative estimate of drug-likeness (QED) is 0.492. The third-order valence-electron chi connectivity index (χ3n) is 2.31. The molecule has 0 aliphatic carbocycles. The van der Waals surface area contributed by atoms with E-state index in [0.29, 0.717) is 12.8 Å². The molecule has 0 atom stereocenters. The number of urea groups is 1. The molecule has 3 amide bonds. The Morgan fingerprint density at radius 3 is 2.30 bits per heavy atom. The Balaban J connectivity index is 3.91. The molecular weight excluding hydrogens is 268 g/mol. The number of aliphatic carboxylic acids is 1. The minimum Gasteiger partial charge on any atom is -0.481 e. The number of hydrogen-bond acceptors (Lipinski definition) is 5. The van der Waals surface area contributed by atoms with Gasteiger partial charge in [0.15, 0.2) is 0 Å². The SMILES string of the molecule is CCOC(=O)CN(C)C(=O)NC(=O)CCCCC(=O)O. The molecule has 0 unspecified atom stereocenters. The predicted octanol–water partition coefficient (Wildman–Crippen LogP) is 0.362. The van der Waals surface area contributed by atoms with Crippen molar-refractivity contribution < 1.29 is 29.0 Å². The van der Waals surface area contributed by atoms with Gasteiger partial charge in [-0.2, -0.15) is 0 Å². The molecule has 0 radical (unpaired) electrons. The molecule has 0 bridgehead atoms. The fourth-order valence-electron chi connectivity index (χ4n) is 1.31. The van der Waals surface area contributed by atoms with Crippen molar-refractivity contribution in [2.24, 2.45) is 0 Å². The number of ether oxygens (including phenoxy) is 1. The molecule has 0 saturated heterocycles. The largest absolute Gasteiger partial charge is 0.481 e. The van der Waals surface area contributed by atoms with Crippen LogP contribution in [0.2, 0.25) is 0 Å². The van der Waals surface area contributed by atoms with Crippen molar-refractivity contribution in [2.45, 2.75) is 32.6 Å². The Hall–Kier alpha value is -2.12. The number of carbonyl (C=O) groups excluding carboxylic acids is 3. The zero-order valence-electron chi connectivity index (χ0n) is 11.7. The van der Waals surface area contributed by atoms with Gasteiger partial charge in [-0.25, -0.2) is 4.79 Å². The third-order valence-corrected chi connectivity index (χ3v) is 2.31. The summed E-state index contributed by atoms with van der Waals surface area (Å²) in [5, 5.41) is 10.5. The van der Waals surface area contributed by atoms with E-state index in [-0.39, 0.29) is 26.0 Å². The van der Waals surface area contributed by atoms with Crippen LogP contribution in [-0.2, 0) is 19.1 Å². The summed E-state index contributed by atoms with van der Waals surface area (Å²) in [5.41, 5.74) is 0. The van der Waals surface area contributed by atoms with E-state index in [1.54, 1.807) is 6.92 Å². The highest BCUT2D eigenvalue weighted by molar-refractivity contribution is 5.95. The molecule has 20 heavy (non-hydrogen) atoms. The number of unbranched alkanes of at least 4 members (excludes halogenated alkanes) is 1. The molecule has 0 aromatic heterocycles. The van der Waals surface area contributed by atoms with Crippen molar-refractivity contribution in [3.05, 3.63) is 0 Å². The van der Waals surface area contributed by atoms with Crippen LogP contribution in [0.25, 0.3) is 0 Å². The number of carboxylic acids is 1. The van der Waals surface area contributed by atoms with Crippen molar-refractivity contribution in [3.63, 3.8) is 0 Å².